The van der Waals surface area contributed by atoms with E-state index in [0.29, 0.717) is 31.1 Å². The summed E-state index contributed by atoms with van der Waals surface area (Å²) in [6, 6.07) is 16.9. The average molecular weight is 398 g/mol. The molecule has 1 aromatic heterocycles. The van der Waals surface area contributed by atoms with Crippen molar-refractivity contribution in [2.75, 3.05) is 50.1 Å². The van der Waals surface area contributed by atoms with Gasteiger partial charge in [0.25, 0.3) is 0 Å². The Bertz CT molecular complexity index is 1080. The van der Waals surface area contributed by atoms with Gasteiger partial charge in [0, 0.05) is 40.3 Å². The van der Waals surface area contributed by atoms with Crippen molar-refractivity contribution >= 4 is 32.4 Å². The zero-order chi connectivity index (χ0) is 19.7. The topological polar surface area (TPSA) is 69.6 Å². The molecule has 0 bridgehead atoms. The summed E-state index contributed by atoms with van der Waals surface area (Å²) in [6.07, 6.45) is 0. The van der Waals surface area contributed by atoms with Crippen LogP contribution in [-0.4, -0.2) is 63.2 Å². The minimum atomic E-state index is -3.51. The zero-order valence-corrected chi connectivity index (χ0v) is 16.8. The van der Waals surface area contributed by atoms with Crippen LogP contribution in [0, 0.1) is 0 Å². The summed E-state index contributed by atoms with van der Waals surface area (Å²) in [5.41, 5.74) is 0. The van der Waals surface area contributed by atoms with Crippen LogP contribution in [0.4, 0.5) is 11.6 Å². The first-order chi connectivity index (χ1) is 13.4. The van der Waals surface area contributed by atoms with Gasteiger partial charge >= 0.3 is 0 Å². The summed E-state index contributed by atoms with van der Waals surface area (Å²) in [7, 11) is 0.320. The number of anilines is 2. The summed E-state index contributed by atoms with van der Waals surface area (Å²) in [5, 5.41) is 10.4. The van der Waals surface area contributed by atoms with Gasteiger partial charge in [-0.3, -0.25) is 0 Å². The van der Waals surface area contributed by atoms with E-state index in [1.165, 1.54) is 0 Å². The third-order valence-corrected chi connectivity index (χ3v) is 6.91. The molecule has 0 atom stereocenters. The molecule has 28 heavy (non-hydrogen) atoms. The molecule has 0 spiro atoms. The van der Waals surface area contributed by atoms with Crippen molar-refractivity contribution in [1.82, 2.24) is 14.5 Å². The van der Waals surface area contributed by atoms with Crippen LogP contribution in [0.15, 0.2) is 59.5 Å². The van der Waals surface area contributed by atoms with Crippen molar-refractivity contribution in [2.24, 2.45) is 0 Å². The van der Waals surface area contributed by atoms with Crippen molar-refractivity contribution in [3.05, 3.63) is 54.6 Å². The SMILES string of the molecule is CN(C)c1ccc(N2CCN(S(=O)(=O)c3ccc4ccccc4c3)CC2)nn1. The van der Waals surface area contributed by atoms with Gasteiger partial charge in [-0.25, -0.2) is 8.42 Å². The molecular weight excluding hydrogens is 374 g/mol. The minimum Gasteiger partial charge on any atom is -0.361 e. The van der Waals surface area contributed by atoms with E-state index in [1.807, 2.05) is 61.5 Å². The summed E-state index contributed by atoms with van der Waals surface area (Å²) >= 11 is 0. The largest absolute Gasteiger partial charge is 0.361 e. The van der Waals surface area contributed by atoms with Crippen molar-refractivity contribution in [1.29, 1.82) is 0 Å². The molecule has 3 aromatic rings. The van der Waals surface area contributed by atoms with Crippen LogP contribution in [0.25, 0.3) is 10.8 Å². The van der Waals surface area contributed by atoms with Gasteiger partial charge in [0.05, 0.1) is 4.90 Å². The Morgan fingerprint density at radius 2 is 1.57 bits per heavy atom. The molecule has 4 rings (SSSR count). The normalized spacial score (nSPS) is 15.7. The molecule has 1 fully saturated rings. The second-order valence-corrected chi connectivity index (χ2v) is 8.98. The highest BCUT2D eigenvalue weighted by molar-refractivity contribution is 7.89. The average Bonchev–Trinajstić information content (AvgIpc) is 2.73. The van der Waals surface area contributed by atoms with Crippen molar-refractivity contribution < 1.29 is 8.42 Å². The molecule has 1 aliphatic rings. The molecule has 8 heteroatoms. The summed E-state index contributed by atoms with van der Waals surface area (Å²) < 4.78 is 27.7. The van der Waals surface area contributed by atoms with Gasteiger partial charge in [-0.1, -0.05) is 30.3 Å². The van der Waals surface area contributed by atoms with E-state index < -0.39 is 10.0 Å². The fraction of sp³-hybridized carbons (Fsp3) is 0.300. The van der Waals surface area contributed by atoms with E-state index >= 15 is 0 Å². The summed E-state index contributed by atoms with van der Waals surface area (Å²) in [6.45, 7) is 2.02. The molecule has 0 amide bonds. The Morgan fingerprint density at radius 1 is 0.857 bits per heavy atom. The monoisotopic (exact) mass is 397 g/mol. The van der Waals surface area contributed by atoms with Gasteiger partial charge in [-0.05, 0) is 35.0 Å². The first-order valence-electron chi connectivity index (χ1n) is 9.20. The number of hydrogen-bond donors (Lipinski definition) is 0. The van der Waals surface area contributed by atoms with Gasteiger partial charge in [0.15, 0.2) is 11.6 Å². The number of rotatable bonds is 4. The highest BCUT2D eigenvalue weighted by Crippen LogP contribution is 2.24. The predicted octanol–water partition coefficient (Wildman–Crippen LogP) is 2.21. The molecule has 146 valence electrons. The lowest BCUT2D eigenvalue weighted by Gasteiger charge is -2.34. The molecular formula is C20H23N5O2S. The highest BCUT2D eigenvalue weighted by Gasteiger charge is 2.29. The zero-order valence-electron chi connectivity index (χ0n) is 16.0. The third-order valence-electron chi connectivity index (χ3n) is 5.02. The Hall–Kier alpha value is -2.71. The molecule has 2 heterocycles. The third kappa shape index (κ3) is 3.53. The lowest BCUT2D eigenvalue weighted by atomic mass is 10.1. The van der Waals surface area contributed by atoms with Crippen LogP contribution in [-0.2, 0) is 10.0 Å². The Morgan fingerprint density at radius 3 is 2.21 bits per heavy atom. The standard InChI is InChI=1S/C20H23N5O2S/c1-23(2)19-9-10-20(22-21-19)24-11-13-25(14-12-24)28(26,27)18-8-7-16-5-3-4-6-17(16)15-18/h3-10,15H,11-14H2,1-2H3. The number of benzene rings is 2. The number of aromatic nitrogens is 2. The molecule has 0 N–H and O–H groups in total. The van der Waals surface area contributed by atoms with Crippen molar-refractivity contribution in [2.45, 2.75) is 4.90 Å². The van der Waals surface area contributed by atoms with E-state index in [2.05, 4.69) is 15.1 Å². The lowest BCUT2D eigenvalue weighted by Crippen LogP contribution is -2.49. The van der Waals surface area contributed by atoms with Crippen LogP contribution in [0.5, 0.6) is 0 Å². The van der Waals surface area contributed by atoms with Gasteiger partial charge in [0.2, 0.25) is 10.0 Å². The smallest absolute Gasteiger partial charge is 0.243 e. The maximum atomic E-state index is 13.1. The Labute approximate surface area is 165 Å². The minimum absolute atomic E-state index is 0.342. The molecule has 1 saturated heterocycles. The molecule has 0 radical (unpaired) electrons. The Kier molecular flexibility index (Phi) is 4.91. The number of hydrogen-bond acceptors (Lipinski definition) is 6. The molecule has 0 saturated carbocycles. The second kappa shape index (κ2) is 7.37. The number of piperazine rings is 1. The van der Waals surface area contributed by atoms with E-state index in [4.69, 9.17) is 0 Å². The van der Waals surface area contributed by atoms with Gasteiger partial charge in [-0.2, -0.15) is 4.31 Å². The van der Waals surface area contributed by atoms with Gasteiger partial charge < -0.3 is 9.80 Å². The quantitative estimate of drug-likeness (QED) is 0.672. The molecule has 1 aliphatic heterocycles. The Balaban J connectivity index is 1.48. The van der Waals surface area contributed by atoms with Crippen molar-refractivity contribution in [3.8, 4) is 0 Å². The first-order valence-corrected chi connectivity index (χ1v) is 10.6. The first kappa shape index (κ1) is 18.6. The fourth-order valence-electron chi connectivity index (χ4n) is 3.36. The van der Waals surface area contributed by atoms with E-state index in [1.54, 1.807) is 16.4 Å². The fourth-order valence-corrected chi connectivity index (χ4v) is 4.82. The van der Waals surface area contributed by atoms with Crippen LogP contribution < -0.4 is 9.80 Å². The lowest BCUT2D eigenvalue weighted by molar-refractivity contribution is 0.383. The number of sulfonamides is 1. The summed E-state index contributed by atoms with van der Waals surface area (Å²) in [5.74, 6) is 1.56. The number of nitrogens with zero attached hydrogens (tertiary/aromatic N) is 5. The van der Waals surface area contributed by atoms with E-state index in [9.17, 15) is 8.42 Å². The molecule has 0 aliphatic carbocycles. The number of fused-ring (bicyclic) bond motifs is 1. The molecule has 0 unspecified atom stereocenters. The van der Waals surface area contributed by atoms with E-state index in [-0.39, 0.29) is 0 Å². The van der Waals surface area contributed by atoms with Crippen molar-refractivity contribution in [3.63, 3.8) is 0 Å². The highest BCUT2D eigenvalue weighted by atomic mass is 32.2. The maximum absolute atomic E-state index is 13.1. The van der Waals surface area contributed by atoms with Crippen LogP contribution in [0.3, 0.4) is 0 Å². The molecule has 7 nitrogen and oxygen atoms in total. The maximum Gasteiger partial charge on any atom is 0.243 e. The van der Waals surface area contributed by atoms with E-state index in [0.717, 1.165) is 22.4 Å². The predicted molar refractivity (Wildman–Crippen MR) is 111 cm³/mol. The van der Waals surface area contributed by atoms with Gasteiger partial charge in [-0.15, -0.1) is 10.2 Å². The summed E-state index contributed by atoms with van der Waals surface area (Å²) in [4.78, 5) is 4.30. The van der Waals surface area contributed by atoms with Crippen LogP contribution >= 0.6 is 0 Å². The van der Waals surface area contributed by atoms with Crippen LogP contribution in [0.1, 0.15) is 0 Å². The van der Waals surface area contributed by atoms with Crippen LogP contribution in [0.2, 0.25) is 0 Å². The van der Waals surface area contributed by atoms with Gasteiger partial charge in [0.1, 0.15) is 0 Å². The second-order valence-electron chi connectivity index (χ2n) is 7.04. The molecule has 2 aromatic carbocycles.